The van der Waals surface area contributed by atoms with Gasteiger partial charge in [-0.15, -0.1) is 0 Å². The van der Waals surface area contributed by atoms with Gasteiger partial charge in [-0.3, -0.25) is 0 Å². The van der Waals surface area contributed by atoms with E-state index in [0.29, 0.717) is 12.1 Å². The monoisotopic (exact) mass is 564 g/mol. The van der Waals surface area contributed by atoms with Gasteiger partial charge in [0.1, 0.15) is 0 Å². The number of hydrogen-bond acceptors (Lipinski definition) is 2. The summed E-state index contributed by atoms with van der Waals surface area (Å²) in [4.78, 5) is 0. The number of anilines is 2. The fourth-order valence-corrected chi connectivity index (χ4v) is 5.66. The normalized spacial score (nSPS) is 15.1. The summed E-state index contributed by atoms with van der Waals surface area (Å²) in [6.45, 7) is 4.47. The summed E-state index contributed by atoms with van der Waals surface area (Å²) in [7, 11) is 0. The first-order valence-electron chi connectivity index (χ1n) is 15.8. The van der Waals surface area contributed by atoms with Gasteiger partial charge >= 0.3 is 0 Å². The van der Waals surface area contributed by atoms with Crippen LogP contribution in [0.3, 0.4) is 0 Å². The fourth-order valence-electron chi connectivity index (χ4n) is 5.66. The van der Waals surface area contributed by atoms with E-state index in [9.17, 15) is 0 Å². The molecule has 0 aromatic heterocycles. The number of nitrogens with one attached hydrogen (secondary N) is 2. The Labute approximate surface area is 257 Å². The average molecular weight is 565 g/mol. The van der Waals surface area contributed by atoms with Crippen molar-refractivity contribution in [1.82, 2.24) is 0 Å². The number of para-hydroxylation sites is 2. The SMILES string of the molecule is CCCC1Nc2ccccc21.CCCCC1Nc2ccccc21.c1ccc2ccccc2c1.c1ccc2ccccc2c1. The summed E-state index contributed by atoms with van der Waals surface area (Å²) >= 11 is 0. The molecule has 2 atom stereocenters. The smallest absolute Gasteiger partial charge is 0.0534 e. The zero-order valence-electron chi connectivity index (χ0n) is 25.5. The minimum Gasteiger partial charge on any atom is -0.378 e. The topological polar surface area (TPSA) is 24.1 Å². The first kappa shape index (κ1) is 29.9. The maximum Gasteiger partial charge on any atom is 0.0534 e. The molecule has 2 heteroatoms. The van der Waals surface area contributed by atoms with Crippen molar-refractivity contribution < 1.29 is 0 Å². The third kappa shape index (κ3) is 8.05. The van der Waals surface area contributed by atoms with Crippen LogP contribution in [0.5, 0.6) is 0 Å². The second-order valence-electron chi connectivity index (χ2n) is 11.2. The summed E-state index contributed by atoms with van der Waals surface area (Å²) in [5.41, 5.74) is 5.66. The largest absolute Gasteiger partial charge is 0.378 e. The molecule has 0 radical (unpaired) electrons. The number of hydrogen-bond donors (Lipinski definition) is 2. The number of unbranched alkanes of at least 4 members (excludes halogenated alkanes) is 1. The van der Waals surface area contributed by atoms with Crippen molar-refractivity contribution in [1.29, 1.82) is 0 Å². The van der Waals surface area contributed by atoms with Crippen molar-refractivity contribution in [2.75, 3.05) is 10.6 Å². The van der Waals surface area contributed by atoms with Gasteiger partial charge in [-0.25, -0.2) is 0 Å². The lowest BCUT2D eigenvalue weighted by Gasteiger charge is -2.32. The Bertz CT molecular complexity index is 1500. The van der Waals surface area contributed by atoms with E-state index in [0.717, 1.165) is 0 Å². The summed E-state index contributed by atoms with van der Waals surface area (Å²) in [5, 5.41) is 12.1. The fraction of sp³-hybridized carbons (Fsp3) is 0.220. The lowest BCUT2D eigenvalue weighted by atomic mass is 9.92. The lowest BCUT2D eigenvalue weighted by Crippen LogP contribution is -2.22. The van der Waals surface area contributed by atoms with Crippen molar-refractivity contribution in [3.63, 3.8) is 0 Å². The molecule has 0 amide bonds. The zero-order valence-corrected chi connectivity index (χ0v) is 25.5. The van der Waals surface area contributed by atoms with E-state index in [1.165, 1.54) is 76.2 Å². The van der Waals surface area contributed by atoms with Crippen molar-refractivity contribution in [2.24, 2.45) is 0 Å². The molecule has 2 aliphatic heterocycles. The maximum atomic E-state index is 3.46. The third-order valence-electron chi connectivity index (χ3n) is 8.07. The van der Waals surface area contributed by atoms with E-state index in [4.69, 9.17) is 0 Å². The van der Waals surface area contributed by atoms with Gasteiger partial charge in [-0.1, -0.05) is 167 Å². The van der Waals surface area contributed by atoms with E-state index in [2.05, 4.69) is 170 Å². The molecule has 0 spiro atoms. The average Bonchev–Trinajstić information content (AvgIpc) is 3.05. The van der Waals surface area contributed by atoms with Crippen LogP contribution in [0, 0.1) is 0 Å². The summed E-state index contributed by atoms with van der Waals surface area (Å²) < 4.78 is 0. The predicted octanol–water partition coefficient (Wildman–Crippen LogP) is 12.0. The quantitative estimate of drug-likeness (QED) is 0.218. The Morgan fingerprint density at radius 1 is 0.395 bits per heavy atom. The Hall–Kier alpha value is -4.56. The van der Waals surface area contributed by atoms with Gasteiger partial charge in [0, 0.05) is 11.4 Å². The van der Waals surface area contributed by atoms with Crippen LogP contribution in [-0.4, -0.2) is 0 Å². The second-order valence-corrected chi connectivity index (χ2v) is 11.2. The van der Waals surface area contributed by atoms with Gasteiger partial charge in [0.05, 0.1) is 12.1 Å². The van der Waals surface area contributed by atoms with Crippen molar-refractivity contribution in [2.45, 2.75) is 58.0 Å². The Kier molecular flexibility index (Phi) is 10.9. The molecular weight excluding hydrogens is 520 g/mol. The summed E-state index contributed by atoms with van der Waals surface area (Å²) in [5.74, 6) is 0. The predicted molar refractivity (Wildman–Crippen MR) is 188 cm³/mol. The van der Waals surface area contributed by atoms with Crippen LogP contribution >= 0.6 is 0 Å². The highest BCUT2D eigenvalue weighted by Crippen LogP contribution is 2.39. The van der Waals surface area contributed by atoms with Gasteiger partial charge in [0.2, 0.25) is 0 Å². The van der Waals surface area contributed by atoms with Crippen LogP contribution in [0.2, 0.25) is 0 Å². The number of benzene rings is 6. The highest BCUT2D eigenvalue weighted by molar-refractivity contribution is 5.82. The van der Waals surface area contributed by atoms with Crippen LogP contribution in [-0.2, 0) is 0 Å². The van der Waals surface area contributed by atoms with Crippen LogP contribution in [0.15, 0.2) is 146 Å². The number of fused-ring (bicyclic) bond motifs is 4. The van der Waals surface area contributed by atoms with Gasteiger partial charge in [-0.05, 0) is 57.6 Å². The first-order valence-corrected chi connectivity index (χ1v) is 15.8. The van der Waals surface area contributed by atoms with E-state index in [-0.39, 0.29) is 0 Å². The van der Waals surface area contributed by atoms with E-state index in [1.807, 2.05) is 0 Å². The molecule has 0 saturated heterocycles. The van der Waals surface area contributed by atoms with E-state index >= 15 is 0 Å². The van der Waals surface area contributed by atoms with Gasteiger partial charge in [0.15, 0.2) is 0 Å². The Balaban J connectivity index is 0.000000114. The highest BCUT2D eigenvalue weighted by Gasteiger charge is 2.23. The molecule has 6 aromatic carbocycles. The molecule has 2 unspecified atom stereocenters. The zero-order chi connectivity index (χ0) is 29.7. The van der Waals surface area contributed by atoms with Crippen LogP contribution in [0.25, 0.3) is 21.5 Å². The molecule has 0 fully saturated rings. The van der Waals surface area contributed by atoms with Crippen LogP contribution < -0.4 is 10.6 Å². The van der Waals surface area contributed by atoms with E-state index in [1.54, 1.807) is 0 Å². The lowest BCUT2D eigenvalue weighted by molar-refractivity contribution is 0.608. The molecule has 218 valence electrons. The maximum absolute atomic E-state index is 3.46. The molecule has 2 heterocycles. The standard InChI is InChI=1S/C11H15N.C10H13N.2C10H8/c1-2-3-7-10-9-6-4-5-8-11(9)12-10;1-2-5-9-8-6-3-4-7-10(8)11-9;2*1-2-6-10-8-4-3-7-9(10)5-1/h4-6,8,10,12H,2-3,7H2,1H3;3-4,6-7,9,11H,2,5H2,1H3;2*1-8H. The van der Waals surface area contributed by atoms with Gasteiger partial charge in [0.25, 0.3) is 0 Å². The Morgan fingerprint density at radius 3 is 1.05 bits per heavy atom. The van der Waals surface area contributed by atoms with E-state index < -0.39 is 0 Å². The molecule has 8 rings (SSSR count). The van der Waals surface area contributed by atoms with Gasteiger partial charge < -0.3 is 10.6 Å². The molecule has 2 N–H and O–H groups in total. The molecule has 0 saturated carbocycles. The molecule has 43 heavy (non-hydrogen) atoms. The molecular formula is C41H44N2. The highest BCUT2D eigenvalue weighted by atomic mass is 15.0. The molecule has 6 aromatic rings. The summed E-state index contributed by atoms with van der Waals surface area (Å²) in [6, 6.07) is 51.8. The number of rotatable bonds is 5. The second kappa shape index (κ2) is 15.6. The molecule has 2 nitrogen and oxygen atoms in total. The van der Waals surface area contributed by atoms with Crippen LogP contribution in [0.1, 0.15) is 69.2 Å². The Morgan fingerprint density at radius 2 is 0.721 bits per heavy atom. The summed E-state index contributed by atoms with van der Waals surface area (Å²) in [6.07, 6.45) is 6.42. The minimum absolute atomic E-state index is 0.635. The third-order valence-corrected chi connectivity index (χ3v) is 8.07. The molecule has 0 bridgehead atoms. The van der Waals surface area contributed by atoms with Crippen molar-refractivity contribution in [3.05, 3.63) is 157 Å². The minimum atomic E-state index is 0.635. The first-order chi connectivity index (χ1) is 21.3. The van der Waals surface area contributed by atoms with Crippen molar-refractivity contribution >= 4 is 32.9 Å². The van der Waals surface area contributed by atoms with Crippen LogP contribution in [0.4, 0.5) is 11.4 Å². The van der Waals surface area contributed by atoms with Crippen molar-refractivity contribution in [3.8, 4) is 0 Å². The molecule has 0 aliphatic carbocycles. The molecule has 2 aliphatic rings. The van der Waals surface area contributed by atoms with Gasteiger partial charge in [-0.2, -0.15) is 0 Å².